The van der Waals surface area contributed by atoms with Crippen molar-refractivity contribution in [3.63, 3.8) is 0 Å². The van der Waals surface area contributed by atoms with Gasteiger partial charge < -0.3 is 19.9 Å². The van der Waals surface area contributed by atoms with Crippen LogP contribution >= 0.6 is 11.6 Å². The summed E-state index contributed by atoms with van der Waals surface area (Å²) in [5, 5.41) is 4.16. The molecular weight excluding hydrogens is 312 g/mol. The molecule has 0 heterocycles. The second kappa shape index (κ2) is 11.3. The van der Waals surface area contributed by atoms with E-state index in [1.807, 2.05) is 32.3 Å². The smallest absolute Gasteiger partial charge is 0.193 e. The van der Waals surface area contributed by atoms with E-state index in [2.05, 4.69) is 33.2 Å². The van der Waals surface area contributed by atoms with E-state index in [1.165, 1.54) is 5.56 Å². The van der Waals surface area contributed by atoms with E-state index in [4.69, 9.17) is 16.3 Å². The molecule has 0 amide bonds. The van der Waals surface area contributed by atoms with Gasteiger partial charge in [-0.1, -0.05) is 23.7 Å². The molecule has 0 aliphatic rings. The standard InChI is InChI=1S/C17H29ClN4O/c1-19-17(20-9-6-10-21(2)11-12-23-4)22(3)14-15-7-5-8-16(18)13-15/h5,7-8,13H,6,9-12,14H2,1-4H3,(H,19,20). The van der Waals surface area contributed by atoms with E-state index >= 15 is 0 Å². The van der Waals surface area contributed by atoms with Crippen LogP contribution in [-0.4, -0.2) is 70.3 Å². The van der Waals surface area contributed by atoms with Gasteiger partial charge in [-0.3, -0.25) is 4.99 Å². The van der Waals surface area contributed by atoms with Crippen molar-refractivity contribution >= 4 is 17.6 Å². The summed E-state index contributed by atoms with van der Waals surface area (Å²) in [6.07, 6.45) is 1.06. The van der Waals surface area contributed by atoms with E-state index in [1.54, 1.807) is 7.11 Å². The normalized spacial score (nSPS) is 11.8. The maximum atomic E-state index is 6.03. The summed E-state index contributed by atoms with van der Waals surface area (Å²) < 4.78 is 5.08. The van der Waals surface area contributed by atoms with Crippen molar-refractivity contribution in [3.8, 4) is 0 Å². The van der Waals surface area contributed by atoms with Crippen LogP contribution in [0.4, 0.5) is 0 Å². The third-order valence-corrected chi connectivity index (χ3v) is 3.79. The van der Waals surface area contributed by atoms with Gasteiger partial charge in [-0.15, -0.1) is 0 Å². The molecule has 0 aliphatic heterocycles. The predicted octanol–water partition coefficient (Wildman–Crippen LogP) is 2.32. The van der Waals surface area contributed by atoms with Crippen molar-refractivity contribution in [2.24, 2.45) is 4.99 Å². The van der Waals surface area contributed by atoms with Gasteiger partial charge >= 0.3 is 0 Å². The summed E-state index contributed by atoms with van der Waals surface area (Å²) >= 11 is 6.03. The average Bonchev–Trinajstić information content (AvgIpc) is 2.52. The minimum Gasteiger partial charge on any atom is -0.383 e. The van der Waals surface area contributed by atoms with E-state index in [0.717, 1.165) is 50.2 Å². The van der Waals surface area contributed by atoms with Gasteiger partial charge in [0.05, 0.1) is 6.61 Å². The van der Waals surface area contributed by atoms with Gasteiger partial charge in [0.15, 0.2) is 5.96 Å². The van der Waals surface area contributed by atoms with E-state index in [-0.39, 0.29) is 0 Å². The lowest BCUT2D eigenvalue weighted by molar-refractivity contribution is 0.161. The number of likely N-dealkylation sites (N-methyl/N-ethyl adjacent to an activating group) is 1. The Hall–Kier alpha value is -1.30. The highest BCUT2D eigenvalue weighted by molar-refractivity contribution is 6.30. The number of methoxy groups -OCH3 is 1. The van der Waals surface area contributed by atoms with Crippen LogP contribution in [0, 0.1) is 0 Å². The van der Waals surface area contributed by atoms with Gasteiger partial charge in [0.25, 0.3) is 0 Å². The molecule has 0 unspecified atom stereocenters. The molecule has 0 atom stereocenters. The molecule has 1 aromatic rings. The number of guanidine groups is 1. The zero-order valence-corrected chi connectivity index (χ0v) is 15.4. The molecule has 0 spiro atoms. The molecule has 130 valence electrons. The van der Waals surface area contributed by atoms with Crippen molar-refractivity contribution in [2.75, 3.05) is 54.5 Å². The summed E-state index contributed by atoms with van der Waals surface area (Å²) in [4.78, 5) is 8.70. The highest BCUT2D eigenvalue weighted by Gasteiger charge is 2.07. The van der Waals surface area contributed by atoms with Gasteiger partial charge in [0, 0.05) is 45.9 Å². The lowest BCUT2D eigenvalue weighted by atomic mass is 10.2. The molecule has 0 saturated heterocycles. The highest BCUT2D eigenvalue weighted by atomic mass is 35.5. The summed E-state index contributed by atoms with van der Waals surface area (Å²) in [5.74, 6) is 0.893. The molecular formula is C17H29ClN4O. The van der Waals surface area contributed by atoms with Crippen LogP contribution in [0.25, 0.3) is 0 Å². The third kappa shape index (κ3) is 8.21. The lowest BCUT2D eigenvalue weighted by Gasteiger charge is -2.23. The van der Waals surface area contributed by atoms with Crippen molar-refractivity contribution in [3.05, 3.63) is 34.9 Å². The molecule has 1 aromatic carbocycles. The molecule has 5 nitrogen and oxygen atoms in total. The largest absolute Gasteiger partial charge is 0.383 e. The molecule has 1 N–H and O–H groups in total. The Morgan fingerprint density at radius 1 is 1.30 bits per heavy atom. The molecule has 1 rings (SSSR count). The van der Waals surface area contributed by atoms with Crippen molar-refractivity contribution in [2.45, 2.75) is 13.0 Å². The summed E-state index contributed by atoms with van der Waals surface area (Å²) in [5.41, 5.74) is 1.17. The topological polar surface area (TPSA) is 40.1 Å². The molecule has 0 bridgehead atoms. The fraction of sp³-hybridized carbons (Fsp3) is 0.588. The number of halogens is 1. The van der Waals surface area contributed by atoms with Crippen LogP contribution in [0.5, 0.6) is 0 Å². The number of nitrogens with zero attached hydrogens (tertiary/aromatic N) is 3. The van der Waals surface area contributed by atoms with E-state index < -0.39 is 0 Å². The Kier molecular flexibility index (Phi) is 9.67. The monoisotopic (exact) mass is 340 g/mol. The quantitative estimate of drug-likeness (QED) is 0.425. The summed E-state index contributed by atoms with van der Waals surface area (Å²) in [6.45, 7) is 4.43. The van der Waals surface area contributed by atoms with Crippen LogP contribution < -0.4 is 5.32 Å². The van der Waals surface area contributed by atoms with Crippen LogP contribution in [0.15, 0.2) is 29.3 Å². The maximum Gasteiger partial charge on any atom is 0.193 e. The Bertz CT molecular complexity index is 481. The number of ether oxygens (including phenoxy) is 1. The molecule has 6 heteroatoms. The van der Waals surface area contributed by atoms with Crippen LogP contribution in [-0.2, 0) is 11.3 Å². The second-order valence-electron chi connectivity index (χ2n) is 5.61. The molecule has 23 heavy (non-hydrogen) atoms. The first-order valence-corrected chi connectivity index (χ1v) is 8.28. The van der Waals surface area contributed by atoms with Gasteiger partial charge in [-0.05, 0) is 37.7 Å². The number of hydrogen-bond donors (Lipinski definition) is 1. The molecule has 0 aliphatic carbocycles. The predicted molar refractivity (Wildman–Crippen MR) is 98.3 cm³/mol. The zero-order valence-electron chi connectivity index (χ0n) is 14.7. The number of aliphatic imine (C=N–C) groups is 1. The van der Waals surface area contributed by atoms with Crippen LogP contribution in [0.1, 0.15) is 12.0 Å². The Morgan fingerprint density at radius 3 is 2.74 bits per heavy atom. The molecule has 0 fully saturated rings. The Balaban J connectivity index is 2.33. The zero-order chi connectivity index (χ0) is 17.1. The maximum absolute atomic E-state index is 6.03. The van der Waals surface area contributed by atoms with Crippen molar-refractivity contribution in [1.29, 1.82) is 0 Å². The van der Waals surface area contributed by atoms with Gasteiger partial charge in [-0.2, -0.15) is 0 Å². The van der Waals surface area contributed by atoms with Crippen LogP contribution in [0.3, 0.4) is 0 Å². The SMILES string of the molecule is CN=C(NCCCN(C)CCOC)N(C)Cc1cccc(Cl)c1. The molecule has 0 radical (unpaired) electrons. The number of nitrogens with one attached hydrogen (secondary N) is 1. The van der Waals surface area contributed by atoms with Gasteiger partial charge in [0.2, 0.25) is 0 Å². The van der Waals surface area contributed by atoms with E-state index in [9.17, 15) is 0 Å². The van der Waals surface area contributed by atoms with Gasteiger partial charge in [-0.25, -0.2) is 0 Å². The number of benzene rings is 1. The van der Waals surface area contributed by atoms with Crippen molar-refractivity contribution < 1.29 is 4.74 Å². The first-order valence-electron chi connectivity index (χ1n) is 7.90. The second-order valence-corrected chi connectivity index (χ2v) is 6.05. The summed E-state index contributed by atoms with van der Waals surface area (Å²) in [7, 11) is 7.68. The fourth-order valence-corrected chi connectivity index (χ4v) is 2.49. The first kappa shape index (κ1) is 19.7. The third-order valence-electron chi connectivity index (χ3n) is 3.56. The minimum absolute atomic E-state index is 0.762. The number of hydrogen-bond acceptors (Lipinski definition) is 3. The fourth-order valence-electron chi connectivity index (χ4n) is 2.28. The van der Waals surface area contributed by atoms with E-state index in [0.29, 0.717) is 0 Å². The Morgan fingerprint density at radius 2 is 2.09 bits per heavy atom. The van der Waals surface area contributed by atoms with Crippen molar-refractivity contribution in [1.82, 2.24) is 15.1 Å². The highest BCUT2D eigenvalue weighted by Crippen LogP contribution is 2.12. The molecule has 0 aromatic heterocycles. The Labute approximate surface area is 145 Å². The molecule has 0 saturated carbocycles. The van der Waals surface area contributed by atoms with Crippen LogP contribution in [0.2, 0.25) is 5.02 Å². The average molecular weight is 341 g/mol. The summed E-state index contributed by atoms with van der Waals surface area (Å²) in [6, 6.07) is 7.91. The first-order chi connectivity index (χ1) is 11.1. The minimum atomic E-state index is 0.762. The van der Waals surface area contributed by atoms with Gasteiger partial charge in [0.1, 0.15) is 0 Å². The number of rotatable bonds is 9. The lowest BCUT2D eigenvalue weighted by Crippen LogP contribution is -2.39.